The molecule has 0 saturated heterocycles. The van der Waals surface area contributed by atoms with Crippen LogP contribution in [0, 0.1) is 0 Å². The van der Waals surface area contributed by atoms with Crippen molar-refractivity contribution < 1.29 is 4.74 Å². The SMILES string of the molecule is CC=C(C)OC1(C2=CCCCC2)CCCCC1. The summed E-state index contributed by atoms with van der Waals surface area (Å²) in [5, 5.41) is 0. The molecule has 2 rings (SSSR count). The third-order valence-electron chi connectivity index (χ3n) is 4.30. The van der Waals surface area contributed by atoms with Gasteiger partial charge < -0.3 is 4.74 Å². The molecule has 0 unspecified atom stereocenters. The molecule has 1 nitrogen and oxygen atoms in total. The van der Waals surface area contributed by atoms with E-state index in [1.165, 1.54) is 57.8 Å². The Morgan fingerprint density at radius 1 is 1.18 bits per heavy atom. The summed E-state index contributed by atoms with van der Waals surface area (Å²) < 4.78 is 6.36. The average Bonchev–Trinajstić information content (AvgIpc) is 2.40. The van der Waals surface area contributed by atoms with E-state index < -0.39 is 0 Å². The Hall–Kier alpha value is -0.720. The highest BCUT2D eigenvalue weighted by Gasteiger charge is 2.37. The summed E-state index contributed by atoms with van der Waals surface area (Å²) in [7, 11) is 0. The molecule has 1 saturated carbocycles. The Balaban J connectivity index is 2.19. The quantitative estimate of drug-likeness (QED) is 0.486. The fourth-order valence-corrected chi connectivity index (χ4v) is 3.23. The maximum Gasteiger partial charge on any atom is 0.129 e. The van der Waals surface area contributed by atoms with Gasteiger partial charge in [0.1, 0.15) is 5.60 Å². The largest absolute Gasteiger partial charge is 0.488 e. The summed E-state index contributed by atoms with van der Waals surface area (Å²) >= 11 is 0. The van der Waals surface area contributed by atoms with Gasteiger partial charge in [-0.05, 0) is 76.9 Å². The minimum Gasteiger partial charge on any atom is -0.488 e. The van der Waals surface area contributed by atoms with E-state index in [2.05, 4.69) is 26.0 Å². The summed E-state index contributed by atoms with van der Waals surface area (Å²) in [5.74, 6) is 1.10. The van der Waals surface area contributed by atoms with Crippen LogP contribution in [0.3, 0.4) is 0 Å². The molecule has 96 valence electrons. The summed E-state index contributed by atoms with van der Waals surface area (Å²) in [5.41, 5.74) is 1.67. The van der Waals surface area contributed by atoms with Crippen LogP contribution >= 0.6 is 0 Å². The van der Waals surface area contributed by atoms with Gasteiger partial charge in [0.2, 0.25) is 0 Å². The molecule has 0 radical (unpaired) electrons. The van der Waals surface area contributed by atoms with Crippen LogP contribution in [0.25, 0.3) is 0 Å². The number of hydrogen-bond donors (Lipinski definition) is 0. The van der Waals surface area contributed by atoms with Crippen molar-refractivity contribution >= 4 is 0 Å². The summed E-state index contributed by atoms with van der Waals surface area (Å²) in [6.45, 7) is 4.17. The van der Waals surface area contributed by atoms with E-state index in [-0.39, 0.29) is 5.60 Å². The number of allylic oxidation sites excluding steroid dienone is 3. The summed E-state index contributed by atoms with van der Waals surface area (Å²) in [6, 6.07) is 0. The zero-order valence-corrected chi connectivity index (χ0v) is 11.4. The van der Waals surface area contributed by atoms with Crippen molar-refractivity contribution in [2.24, 2.45) is 0 Å². The number of hydrogen-bond acceptors (Lipinski definition) is 1. The van der Waals surface area contributed by atoms with Crippen molar-refractivity contribution in [2.45, 2.75) is 77.2 Å². The monoisotopic (exact) mass is 234 g/mol. The Kier molecular flexibility index (Phi) is 4.31. The molecule has 17 heavy (non-hydrogen) atoms. The van der Waals surface area contributed by atoms with Crippen LogP contribution in [0.1, 0.15) is 71.6 Å². The summed E-state index contributed by atoms with van der Waals surface area (Å²) in [6.07, 6.45) is 16.3. The Morgan fingerprint density at radius 3 is 2.53 bits per heavy atom. The molecular weight excluding hydrogens is 208 g/mol. The molecule has 0 aromatic rings. The molecular formula is C16H26O. The standard InChI is InChI=1S/C16H26O/c1-3-14(2)17-16(12-8-5-9-13-16)15-10-6-4-7-11-15/h3,10H,4-9,11-13H2,1-2H3. The molecule has 0 atom stereocenters. The third kappa shape index (κ3) is 2.94. The van der Waals surface area contributed by atoms with Crippen LogP contribution in [0.4, 0.5) is 0 Å². The highest BCUT2D eigenvalue weighted by atomic mass is 16.5. The van der Waals surface area contributed by atoms with E-state index in [4.69, 9.17) is 4.74 Å². The molecule has 0 amide bonds. The zero-order valence-electron chi connectivity index (χ0n) is 11.4. The Morgan fingerprint density at radius 2 is 1.94 bits per heavy atom. The molecule has 0 spiro atoms. The van der Waals surface area contributed by atoms with Crippen molar-refractivity contribution in [2.75, 3.05) is 0 Å². The second kappa shape index (κ2) is 5.75. The molecule has 0 aromatic heterocycles. The van der Waals surface area contributed by atoms with Crippen LogP contribution in [-0.4, -0.2) is 5.60 Å². The average molecular weight is 234 g/mol. The van der Waals surface area contributed by atoms with Crippen molar-refractivity contribution in [3.05, 3.63) is 23.5 Å². The lowest BCUT2D eigenvalue weighted by molar-refractivity contribution is -0.000315. The van der Waals surface area contributed by atoms with Gasteiger partial charge in [0, 0.05) is 0 Å². The molecule has 2 aliphatic rings. The third-order valence-corrected chi connectivity index (χ3v) is 4.30. The molecule has 0 bridgehead atoms. The van der Waals surface area contributed by atoms with Gasteiger partial charge in [-0.15, -0.1) is 0 Å². The highest BCUT2D eigenvalue weighted by molar-refractivity contribution is 5.21. The Labute approximate surface area is 106 Å². The van der Waals surface area contributed by atoms with Crippen molar-refractivity contribution in [1.29, 1.82) is 0 Å². The predicted molar refractivity (Wildman–Crippen MR) is 72.9 cm³/mol. The number of ether oxygens (including phenoxy) is 1. The van der Waals surface area contributed by atoms with Crippen molar-refractivity contribution in [1.82, 2.24) is 0 Å². The molecule has 0 aliphatic heterocycles. The van der Waals surface area contributed by atoms with Gasteiger partial charge >= 0.3 is 0 Å². The van der Waals surface area contributed by atoms with Gasteiger partial charge in [0.05, 0.1) is 5.76 Å². The van der Waals surface area contributed by atoms with Gasteiger partial charge in [-0.25, -0.2) is 0 Å². The molecule has 0 aromatic carbocycles. The normalized spacial score (nSPS) is 25.3. The topological polar surface area (TPSA) is 9.23 Å². The fraction of sp³-hybridized carbons (Fsp3) is 0.750. The van der Waals surface area contributed by atoms with Crippen LogP contribution in [-0.2, 0) is 4.74 Å². The predicted octanol–water partition coefficient (Wildman–Crippen LogP) is 5.13. The first-order valence-electron chi connectivity index (χ1n) is 7.28. The van der Waals surface area contributed by atoms with E-state index in [1.54, 1.807) is 5.57 Å². The molecule has 1 heteroatoms. The zero-order chi connectivity index (χ0) is 12.1. The van der Waals surface area contributed by atoms with Gasteiger partial charge in [-0.1, -0.05) is 12.5 Å². The molecule has 1 fully saturated rings. The number of rotatable bonds is 3. The first-order chi connectivity index (χ1) is 8.27. The second-order valence-electron chi connectivity index (χ2n) is 5.53. The van der Waals surface area contributed by atoms with Gasteiger partial charge in [0.25, 0.3) is 0 Å². The van der Waals surface area contributed by atoms with Crippen LogP contribution in [0.5, 0.6) is 0 Å². The van der Waals surface area contributed by atoms with E-state index in [0.717, 1.165) is 5.76 Å². The van der Waals surface area contributed by atoms with Crippen LogP contribution in [0.15, 0.2) is 23.5 Å². The fourth-order valence-electron chi connectivity index (χ4n) is 3.23. The first kappa shape index (κ1) is 12.7. The lowest BCUT2D eigenvalue weighted by atomic mass is 9.75. The second-order valence-corrected chi connectivity index (χ2v) is 5.53. The van der Waals surface area contributed by atoms with Crippen molar-refractivity contribution in [3.8, 4) is 0 Å². The van der Waals surface area contributed by atoms with Gasteiger partial charge in [0.15, 0.2) is 0 Å². The van der Waals surface area contributed by atoms with Crippen molar-refractivity contribution in [3.63, 3.8) is 0 Å². The van der Waals surface area contributed by atoms with E-state index >= 15 is 0 Å². The maximum atomic E-state index is 6.36. The minimum atomic E-state index is 0.0647. The van der Waals surface area contributed by atoms with E-state index in [9.17, 15) is 0 Å². The first-order valence-corrected chi connectivity index (χ1v) is 7.28. The van der Waals surface area contributed by atoms with Gasteiger partial charge in [-0.3, -0.25) is 0 Å². The van der Waals surface area contributed by atoms with Crippen LogP contribution in [0.2, 0.25) is 0 Å². The summed E-state index contributed by atoms with van der Waals surface area (Å²) in [4.78, 5) is 0. The maximum absolute atomic E-state index is 6.36. The minimum absolute atomic E-state index is 0.0647. The highest BCUT2D eigenvalue weighted by Crippen LogP contribution is 2.42. The van der Waals surface area contributed by atoms with Gasteiger partial charge in [-0.2, -0.15) is 0 Å². The molecule has 0 N–H and O–H groups in total. The van der Waals surface area contributed by atoms with E-state index in [0.29, 0.717) is 0 Å². The smallest absolute Gasteiger partial charge is 0.129 e. The van der Waals surface area contributed by atoms with Crippen LogP contribution < -0.4 is 0 Å². The lowest BCUT2D eigenvalue weighted by Crippen LogP contribution is -2.37. The Bertz CT molecular complexity index is 305. The van der Waals surface area contributed by atoms with E-state index in [1.807, 2.05) is 0 Å². The lowest BCUT2D eigenvalue weighted by Gasteiger charge is -2.41. The molecule has 0 heterocycles. The molecule has 2 aliphatic carbocycles.